The Labute approximate surface area is 181 Å². The molecule has 3 nitrogen and oxygen atoms in total. The van der Waals surface area contributed by atoms with Crippen molar-refractivity contribution < 1.29 is 23.0 Å². The van der Waals surface area contributed by atoms with E-state index in [0.29, 0.717) is 24.3 Å². The van der Waals surface area contributed by atoms with E-state index >= 15 is 0 Å². The number of alkyl halides is 3. The minimum atomic E-state index is -4.36. The first-order chi connectivity index (χ1) is 14.9. The molecule has 168 valence electrons. The second kappa shape index (κ2) is 9.61. The molecule has 1 N–H and O–H groups in total. The summed E-state index contributed by atoms with van der Waals surface area (Å²) in [6.07, 6.45) is 2.14. The van der Waals surface area contributed by atoms with Crippen LogP contribution >= 0.6 is 0 Å². The van der Waals surface area contributed by atoms with Crippen molar-refractivity contribution >= 4 is 0 Å². The molecule has 0 radical (unpaired) electrons. The van der Waals surface area contributed by atoms with Crippen molar-refractivity contribution in [3.8, 4) is 5.75 Å². The third-order valence-corrected chi connectivity index (χ3v) is 6.60. The molecule has 2 aromatic carbocycles. The highest BCUT2D eigenvalue weighted by Gasteiger charge is 2.35. The van der Waals surface area contributed by atoms with Crippen LogP contribution in [0, 0.1) is 5.92 Å². The number of halogens is 3. The Kier molecular flexibility index (Phi) is 6.87. The molecule has 1 saturated carbocycles. The van der Waals surface area contributed by atoms with Gasteiger partial charge in [0, 0.05) is 19.1 Å². The molecule has 0 amide bonds. The topological polar surface area (TPSA) is 32.7 Å². The minimum Gasteiger partial charge on any atom is -0.491 e. The highest BCUT2D eigenvalue weighted by atomic mass is 19.4. The molecular weight excluding hydrogens is 403 g/mol. The van der Waals surface area contributed by atoms with Crippen LogP contribution in [0.25, 0.3) is 0 Å². The van der Waals surface area contributed by atoms with Crippen LogP contribution in [0.3, 0.4) is 0 Å². The van der Waals surface area contributed by atoms with E-state index in [0.717, 1.165) is 25.1 Å². The van der Waals surface area contributed by atoms with Crippen LogP contribution < -0.4 is 4.74 Å². The Morgan fingerprint density at radius 2 is 1.71 bits per heavy atom. The standard InChI is InChI=1S/C25H30F3NO2/c26-25(27,28)20-10-12-22(13-11-20)31-17-21(30)16-29-15-14-18-6-4-5-9-23(18)24(29)19-7-2-1-3-8-19/h4-6,9-13,19,21,24,30H,1-3,7-8,14-17H2. The molecule has 0 saturated heterocycles. The highest BCUT2D eigenvalue weighted by molar-refractivity contribution is 5.33. The summed E-state index contributed by atoms with van der Waals surface area (Å²) in [4.78, 5) is 2.39. The SMILES string of the molecule is OC(COc1ccc(C(F)(F)F)cc1)CN1CCc2ccccc2C1C1CCCCC1. The fourth-order valence-corrected chi connectivity index (χ4v) is 5.11. The monoisotopic (exact) mass is 433 g/mol. The number of fused-ring (bicyclic) bond motifs is 1. The van der Waals surface area contributed by atoms with Crippen LogP contribution in [-0.4, -0.2) is 35.8 Å². The normalized spacial score (nSPS) is 21.5. The molecule has 2 atom stereocenters. The summed E-state index contributed by atoms with van der Waals surface area (Å²) >= 11 is 0. The van der Waals surface area contributed by atoms with Gasteiger partial charge in [0.25, 0.3) is 0 Å². The number of nitrogens with zero attached hydrogens (tertiary/aromatic N) is 1. The third kappa shape index (κ3) is 5.42. The quantitative estimate of drug-likeness (QED) is 0.641. The van der Waals surface area contributed by atoms with Gasteiger partial charge in [-0.25, -0.2) is 0 Å². The molecule has 4 rings (SSSR count). The maximum atomic E-state index is 12.7. The summed E-state index contributed by atoms with van der Waals surface area (Å²) in [6, 6.07) is 13.6. The summed E-state index contributed by atoms with van der Waals surface area (Å²) in [7, 11) is 0. The largest absolute Gasteiger partial charge is 0.491 e. The Morgan fingerprint density at radius 1 is 1.00 bits per heavy atom. The second-order valence-electron chi connectivity index (χ2n) is 8.77. The average Bonchev–Trinajstić information content (AvgIpc) is 2.78. The number of hydrogen-bond donors (Lipinski definition) is 1. The van der Waals surface area contributed by atoms with E-state index in [2.05, 4.69) is 29.2 Å². The van der Waals surface area contributed by atoms with Gasteiger partial charge in [-0.3, -0.25) is 4.90 Å². The summed E-state index contributed by atoms with van der Waals surface area (Å²) < 4.78 is 43.7. The van der Waals surface area contributed by atoms with E-state index in [-0.39, 0.29) is 6.61 Å². The van der Waals surface area contributed by atoms with E-state index in [9.17, 15) is 18.3 Å². The summed E-state index contributed by atoms with van der Waals surface area (Å²) in [6.45, 7) is 1.45. The van der Waals surface area contributed by atoms with Crippen molar-refractivity contribution in [2.24, 2.45) is 5.92 Å². The average molecular weight is 434 g/mol. The van der Waals surface area contributed by atoms with Crippen LogP contribution in [0.4, 0.5) is 13.2 Å². The molecular formula is C25H30F3NO2. The van der Waals surface area contributed by atoms with Crippen molar-refractivity contribution in [3.63, 3.8) is 0 Å². The predicted octanol–water partition coefficient (Wildman–Crippen LogP) is 5.62. The number of β-amino-alcohol motifs (C(OH)–C–C–N with tert-alkyl or cyclic N) is 1. The summed E-state index contributed by atoms with van der Waals surface area (Å²) in [5.41, 5.74) is 2.09. The van der Waals surface area contributed by atoms with Crippen molar-refractivity contribution in [2.45, 2.75) is 56.8 Å². The lowest BCUT2D eigenvalue weighted by Crippen LogP contribution is -2.44. The zero-order valence-corrected chi connectivity index (χ0v) is 17.7. The second-order valence-corrected chi connectivity index (χ2v) is 8.77. The van der Waals surface area contributed by atoms with Gasteiger partial charge >= 0.3 is 6.18 Å². The molecule has 0 aromatic heterocycles. The molecule has 0 spiro atoms. The van der Waals surface area contributed by atoms with Gasteiger partial charge in [-0.05, 0) is 60.6 Å². The first-order valence-corrected chi connectivity index (χ1v) is 11.2. The van der Waals surface area contributed by atoms with E-state index in [1.54, 1.807) is 0 Å². The van der Waals surface area contributed by atoms with Crippen LogP contribution in [0.15, 0.2) is 48.5 Å². The van der Waals surface area contributed by atoms with Gasteiger partial charge in [0.05, 0.1) is 5.56 Å². The van der Waals surface area contributed by atoms with E-state index in [1.165, 1.54) is 55.4 Å². The van der Waals surface area contributed by atoms with Crippen LogP contribution in [-0.2, 0) is 12.6 Å². The van der Waals surface area contributed by atoms with Crippen molar-refractivity contribution in [3.05, 3.63) is 65.2 Å². The Hall–Kier alpha value is -2.05. The van der Waals surface area contributed by atoms with Gasteiger partial charge in [-0.15, -0.1) is 0 Å². The number of aliphatic hydroxyl groups is 1. The number of aliphatic hydroxyl groups excluding tert-OH is 1. The van der Waals surface area contributed by atoms with Crippen LogP contribution in [0.1, 0.15) is 54.8 Å². The Balaban J connectivity index is 1.40. The van der Waals surface area contributed by atoms with Crippen molar-refractivity contribution in [1.29, 1.82) is 0 Å². The maximum Gasteiger partial charge on any atom is 0.416 e. The van der Waals surface area contributed by atoms with E-state index in [4.69, 9.17) is 4.74 Å². The summed E-state index contributed by atoms with van der Waals surface area (Å²) in [5, 5.41) is 10.7. The van der Waals surface area contributed by atoms with Crippen LogP contribution in [0.2, 0.25) is 0 Å². The molecule has 6 heteroatoms. The molecule has 2 aliphatic rings. The Morgan fingerprint density at radius 3 is 2.42 bits per heavy atom. The third-order valence-electron chi connectivity index (χ3n) is 6.60. The molecule has 31 heavy (non-hydrogen) atoms. The number of benzene rings is 2. The van der Waals surface area contributed by atoms with Crippen molar-refractivity contribution in [2.75, 3.05) is 19.7 Å². The fourth-order valence-electron chi connectivity index (χ4n) is 5.11. The van der Waals surface area contributed by atoms with E-state index < -0.39 is 17.8 Å². The zero-order chi connectivity index (χ0) is 21.8. The van der Waals surface area contributed by atoms with E-state index in [1.807, 2.05) is 0 Å². The number of rotatable bonds is 6. The van der Waals surface area contributed by atoms with Crippen LogP contribution in [0.5, 0.6) is 5.75 Å². The molecule has 1 aliphatic heterocycles. The van der Waals surface area contributed by atoms with Gasteiger partial charge in [-0.2, -0.15) is 13.2 Å². The lowest BCUT2D eigenvalue weighted by Gasteiger charge is -2.43. The first-order valence-electron chi connectivity index (χ1n) is 11.2. The highest BCUT2D eigenvalue weighted by Crippen LogP contribution is 2.42. The molecule has 1 aliphatic carbocycles. The molecule has 1 heterocycles. The smallest absolute Gasteiger partial charge is 0.416 e. The van der Waals surface area contributed by atoms with Gasteiger partial charge < -0.3 is 9.84 Å². The first kappa shape index (κ1) is 22.2. The predicted molar refractivity (Wildman–Crippen MR) is 114 cm³/mol. The molecule has 2 aromatic rings. The Bertz CT molecular complexity index is 847. The maximum absolute atomic E-state index is 12.7. The molecule has 0 bridgehead atoms. The number of ether oxygens (including phenoxy) is 1. The van der Waals surface area contributed by atoms with Gasteiger partial charge in [-0.1, -0.05) is 43.5 Å². The van der Waals surface area contributed by atoms with Gasteiger partial charge in [0.2, 0.25) is 0 Å². The lowest BCUT2D eigenvalue weighted by atomic mass is 9.77. The molecule has 1 fully saturated rings. The number of hydrogen-bond acceptors (Lipinski definition) is 3. The minimum absolute atomic E-state index is 0.0564. The lowest BCUT2D eigenvalue weighted by molar-refractivity contribution is -0.137. The molecule has 2 unspecified atom stereocenters. The fraction of sp³-hybridized carbons (Fsp3) is 0.520. The van der Waals surface area contributed by atoms with Crippen molar-refractivity contribution in [1.82, 2.24) is 4.90 Å². The van der Waals surface area contributed by atoms with Gasteiger partial charge in [0.1, 0.15) is 18.5 Å². The van der Waals surface area contributed by atoms with Gasteiger partial charge in [0.15, 0.2) is 0 Å². The summed E-state index contributed by atoms with van der Waals surface area (Å²) in [5.74, 6) is 0.929. The zero-order valence-electron chi connectivity index (χ0n) is 17.7.